The molecule has 1 aliphatic carbocycles. The maximum Gasteiger partial charge on any atom is 0.190 e. The van der Waals surface area contributed by atoms with Crippen LogP contribution in [0.1, 0.15) is 69.4 Å². The molecule has 6 nitrogen and oxygen atoms in total. The van der Waals surface area contributed by atoms with Crippen molar-refractivity contribution in [3.05, 3.63) is 23.3 Å². The molecular weight excluding hydrogens is 324 g/mol. The molecule has 0 fully saturated rings. The van der Waals surface area contributed by atoms with E-state index in [1.807, 2.05) is 7.05 Å². The minimum Gasteiger partial charge on any atom is -0.356 e. The lowest BCUT2D eigenvalue weighted by molar-refractivity contribution is 0.593. The van der Waals surface area contributed by atoms with Crippen LogP contribution in [0.5, 0.6) is 0 Å². The zero-order valence-corrected chi connectivity index (χ0v) is 16.3. The predicted octanol–water partition coefficient (Wildman–Crippen LogP) is 2.99. The molecular formula is C20H34N6. The van der Waals surface area contributed by atoms with E-state index in [2.05, 4.69) is 36.5 Å². The van der Waals surface area contributed by atoms with Crippen LogP contribution in [-0.4, -0.2) is 40.9 Å². The number of guanidine groups is 1. The fourth-order valence-electron chi connectivity index (χ4n) is 3.88. The highest BCUT2D eigenvalue weighted by molar-refractivity contribution is 5.79. The molecule has 0 atom stereocenters. The van der Waals surface area contributed by atoms with Crippen LogP contribution in [-0.2, 0) is 19.4 Å². The molecule has 0 spiro atoms. The van der Waals surface area contributed by atoms with Crippen LogP contribution < -0.4 is 10.6 Å². The molecule has 2 N–H and O–H groups in total. The number of rotatable bonds is 7. The Morgan fingerprint density at radius 1 is 1.04 bits per heavy atom. The van der Waals surface area contributed by atoms with E-state index in [-0.39, 0.29) is 0 Å². The van der Waals surface area contributed by atoms with Crippen LogP contribution in [0.3, 0.4) is 0 Å². The lowest BCUT2D eigenvalue weighted by Crippen LogP contribution is -2.38. The smallest absolute Gasteiger partial charge is 0.190 e. The van der Waals surface area contributed by atoms with Gasteiger partial charge in [0.05, 0.1) is 0 Å². The van der Waals surface area contributed by atoms with E-state index in [0.29, 0.717) is 0 Å². The summed E-state index contributed by atoms with van der Waals surface area (Å²) in [6.45, 7) is 2.96. The minimum absolute atomic E-state index is 0.904. The molecule has 1 aliphatic heterocycles. The summed E-state index contributed by atoms with van der Waals surface area (Å²) in [5.74, 6) is 3.23. The summed E-state index contributed by atoms with van der Waals surface area (Å²) in [6.07, 6.45) is 15.7. The van der Waals surface area contributed by atoms with Gasteiger partial charge in [-0.05, 0) is 51.4 Å². The van der Waals surface area contributed by atoms with Crippen LogP contribution in [0.25, 0.3) is 0 Å². The predicted molar refractivity (Wildman–Crippen MR) is 106 cm³/mol. The van der Waals surface area contributed by atoms with Crippen molar-refractivity contribution in [2.45, 2.75) is 77.2 Å². The van der Waals surface area contributed by atoms with Gasteiger partial charge in [0.25, 0.3) is 0 Å². The highest BCUT2D eigenvalue weighted by Gasteiger charge is 2.14. The van der Waals surface area contributed by atoms with Gasteiger partial charge >= 0.3 is 0 Å². The number of aliphatic imine (C=N–C) groups is 1. The lowest BCUT2D eigenvalue weighted by Gasteiger charge is -2.15. The number of nitrogens with zero attached hydrogens (tertiary/aromatic N) is 4. The first-order valence-corrected chi connectivity index (χ1v) is 10.4. The molecule has 26 heavy (non-hydrogen) atoms. The van der Waals surface area contributed by atoms with E-state index in [9.17, 15) is 0 Å². The van der Waals surface area contributed by atoms with E-state index in [0.717, 1.165) is 57.1 Å². The fraction of sp³-hybridized carbons (Fsp3) is 0.750. The number of nitrogens with one attached hydrogen (secondary N) is 2. The summed E-state index contributed by atoms with van der Waals surface area (Å²) >= 11 is 0. The maximum atomic E-state index is 4.41. The third-order valence-corrected chi connectivity index (χ3v) is 5.40. The van der Waals surface area contributed by atoms with E-state index in [1.165, 1.54) is 50.8 Å². The second kappa shape index (κ2) is 10.3. The monoisotopic (exact) mass is 358 g/mol. The largest absolute Gasteiger partial charge is 0.356 e. The van der Waals surface area contributed by atoms with Crippen molar-refractivity contribution in [1.29, 1.82) is 0 Å². The van der Waals surface area contributed by atoms with E-state index < -0.39 is 0 Å². The molecule has 0 bridgehead atoms. The second-order valence-electron chi connectivity index (χ2n) is 7.38. The number of aromatic nitrogens is 3. The Bertz CT molecular complexity index is 616. The Labute approximate surface area is 157 Å². The van der Waals surface area contributed by atoms with Gasteiger partial charge in [-0.15, -0.1) is 10.2 Å². The van der Waals surface area contributed by atoms with Gasteiger partial charge < -0.3 is 15.2 Å². The first-order valence-electron chi connectivity index (χ1n) is 10.4. The van der Waals surface area contributed by atoms with Crippen molar-refractivity contribution in [3.63, 3.8) is 0 Å². The third kappa shape index (κ3) is 5.58. The molecule has 6 heteroatoms. The van der Waals surface area contributed by atoms with Gasteiger partial charge in [0.15, 0.2) is 5.96 Å². The highest BCUT2D eigenvalue weighted by atomic mass is 15.3. The molecule has 0 saturated carbocycles. The van der Waals surface area contributed by atoms with Crippen LogP contribution in [0, 0.1) is 0 Å². The van der Waals surface area contributed by atoms with Crippen LogP contribution >= 0.6 is 0 Å². The average molecular weight is 359 g/mol. The number of hydrogen-bond donors (Lipinski definition) is 2. The third-order valence-electron chi connectivity index (χ3n) is 5.40. The molecule has 144 valence electrons. The van der Waals surface area contributed by atoms with Crippen molar-refractivity contribution in [2.24, 2.45) is 4.99 Å². The first-order chi connectivity index (χ1) is 12.9. The minimum atomic E-state index is 0.904. The van der Waals surface area contributed by atoms with Crippen LogP contribution in [0.4, 0.5) is 0 Å². The van der Waals surface area contributed by atoms with E-state index in [1.54, 1.807) is 5.57 Å². The Morgan fingerprint density at radius 2 is 1.92 bits per heavy atom. The molecule has 0 radical (unpaired) electrons. The van der Waals surface area contributed by atoms with Crippen molar-refractivity contribution in [1.82, 2.24) is 25.4 Å². The first kappa shape index (κ1) is 18.9. The summed E-state index contributed by atoms with van der Waals surface area (Å²) in [4.78, 5) is 4.33. The van der Waals surface area contributed by atoms with Crippen molar-refractivity contribution < 1.29 is 0 Å². The summed E-state index contributed by atoms with van der Waals surface area (Å²) < 4.78 is 2.35. The molecule has 0 aromatic carbocycles. The Kier molecular flexibility index (Phi) is 7.52. The molecule has 3 rings (SSSR count). The van der Waals surface area contributed by atoms with Gasteiger partial charge in [-0.3, -0.25) is 4.99 Å². The van der Waals surface area contributed by atoms with Crippen molar-refractivity contribution in [3.8, 4) is 0 Å². The SMILES string of the molecule is CN=C(NCCCc1nnc2n1CCCCC2)NCCC1=CCCCC1. The van der Waals surface area contributed by atoms with Crippen LogP contribution in [0.2, 0.25) is 0 Å². The Morgan fingerprint density at radius 3 is 2.77 bits per heavy atom. The van der Waals surface area contributed by atoms with Crippen molar-refractivity contribution in [2.75, 3.05) is 20.1 Å². The van der Waals surface area contributed by atoms with Gasteiger partial charge in [-0.1, -0.05) is 18.1 Å². The molecule has 1 aromatic heterocycles. The van der Waals surface area contributed by atoms with Gasteiger partial charge in [-0.25, -0.2) is 0 Å². The molecule has 2 aliphatic rings. The molecule has 0 unspecified atom stereocenters. The lowest BCUT2D eigenvalue weighted by atomic mass is 9.97. The zero-order valence-electron chi connectivity index (χ0n) is 16.3. The highest BCUT2D eigenvalue weighted by Crippen LogP contribution is 2.19. The van der Waals surface area contributed by atoms with Gasteiger partial charge in [0, 0.05) is 39.5 Å². The number of fused-ring (bicyclic) bond motifs is 1. The maximum absolute atomic E-state index is 4.41. The quantitative estimate of drug-likeness (QED) is 0.340. The summed E-state index contributed by atoms with van der Waals surface area (Å²) in [7, 11) is 1.84. The topological polar surface area (TPSA) is 67.1 Å². The molecule has 2 heterocycles. The number of hydrogen-bond acceptors (Lipinski definition) is 3. The standard InChI is InChI=1S/C20H34N6/c1-21-20(23-15-13-17-9-4-2-5-10-17)22-14-8-12-19-25-24-18-11-6-3-7-16-26(18)19/h9H,2-8,10-16H2,1H3,(H2,21,22,23). The fourth-order valence-corrected chi connectivity index (χ4v) is 3.88. The van der Waals surface area contributed by atoms with Gasteiger partial charge in [-0.2, -0.15) is 0 Å². The van der Waals surface area contributed by atoms with Crippen molar-refractivity contribution >= 4 is 5.96 Å². The summed E-state index contributed by atoms with van der Waals surface area (Å²) in [5, 5.41) is 15.7. The average Bonchev–Trinajstić information content (AvgIpc) is 2.90. The van der Waals surface area contributed by atoms with Gasteiger partial charge in [0.2, 0.25) is 0 Å². The molecule has 1 aromatic rings. The number of aryl methyl sites for hydroxylation is 2. The zero-order chi connectivity index (χ0) is 18.0. The van der Waals surface area contributed by atoms with E-state index in [4.69, 9.17) is 0 Å². The molecule has 0 amide bonds. The van der Waals surface area contributed by atoms with Gasteiger partial charge in [0.1, 0.15) is 11.6 Å². The number of allylic oxidation sites excluding steroid dienone is 1. The Hall–Kier alpha value is -1.85. The Balaban J connectivity index is 1.34. The summed E-state index contributed by atoms with van der Waals surface area (Å²) in [5.41, 5.74) is 1.60. The van der Waals surface area contributed by atoms with Crippen LogP contribution in [0.15, 0.2) is 16.6 Å². The molecule has 0 saturated heterocycles. The summed E-state index contributed by atoms with van der Waals surface area (Å²) in [6, 6.07) is 0. The second-order valence-corrected chi connectivity index (χ2v) is 7.38. The van der Waals surface area contributed by atoms with E-state index >= 15 is 0 Å². The normalized spacial score (nSPS) is 18.0.